The Balaban J connectivity index is 1.61. The Bertz CT molecular complexity index is 728. The molecule has 1 aromatic carbocycles. The first kappa shape index (κ1) is 17.6. The number of aromatic nitrogens is 2. The number of nitrogens with zero attached hydrogens (tertiary/aromatic N) is 2. The zero-order valence-electron chi connectivity index (χ0n) is 14.3. The Labute approximate surface area is 150 Å². The summed E-state index contributed by atoms with van der Waals surface area (Å²) in [5.41, 5.74) is 0.679. The quantitative estimate of drug-likeness (QED) is 0.757. The van der Waals surface area contributed by atoms with Gasteiger partial charge in [-0.3, -0.25) is 4.79 Å². The van der Waals surface area contributed by atoms with Gasteiger partial charge >= 0.3 is 0 Å². The second-order valence-electron chi connectivity index (χ2n) is 5.78. The number of hydrogen-bond acceptors (Lipinski definition) is 7. The fourth-order valence-corrected chi connectivity index (χ4v) is 3.39. The second kappa shape index (κ2) is 8.24. The van der Waals surface area contributed by atoms with Crippen LogP contribution in [0.15, 0.2) is 27.8 Å². The van der Waals surface area contributed by atoms with Gasteiger partial charge in [0.1, 0.15) is 11.5 Å². The SMILES string of the molecule is COc1ccc(-c2nnc(SCC(=O)NC3CCCC3)o2)c(OC)c1. The van der Waals surface area contributed by atoms with E-state index in [1.807, 2.05) is 0 Å². The third kappa shape index (κ3) is 4.45. The van der Waals surface area contributed by atoms with E-state index in [-0.39, 0.29) is 11.7 Å². The van der Waals surface area contributed by atoms with Gasteiger partial charge in [0.2, 0.25) is 5.91 Å². The Morgan fingerprint density at radius 3 is 2.80 bits per heavy atom. The minimum atomic E-state index is -0.00122. The fourth-order valence-electron chi connectivity index (χ4n) is 2.82. The van der Waals surface area contributed by atoms with Crippen LogP contribution in [0.25, 0.3) is 11.5 Å². The van der Waals surface area contributed by atoms with Gasteiger partial charge < -0.3 is 19.2 Å². The van der Waals surface area contributed by atoms with Gasteiger partial charge in [0.05, 0.1) is 25.5 Å². The molecule has 1 saturated carbocycles. The summed E-state index contributed by atoms with van der Waals surface area (Å²) in [5.74, 6) is 1.87. The van der Waals surface area contributed by atoms with Gasteiger partial charge in [0.25, 0.3) is 11.1 Å². The molecule has 1 heterocycles. The van der Waals surface area contributed by atoms with E-state index >= 15 is 0 Å². The fraction of sp³-hybridized carbons (Fsp3) is 0.471. The molecule has 8 heteroatoms. The van der Waals surface area contributed by atoms with E-state index in [0.29, 0.717) is 34.2 Å². The topological polar surface area (TPSA) is 86.5 Å². The first-order chi connectivity index (χ1) is 12.2. The van der Waals surface area contributed by atoms with E-state index in [1.165, 1.54) is 24.6 Å². The number of thioether (sulfide) groups is 1. The molecule has 25 heavy (non-hydrogen) atoms. The number of carbonyl (C=O) groups is 1. The normalized spacial score (nSPS) is 14.5. The Hall–Kier alpha value is -2.22. The standard InChI is InChI=1S/C17H21N3O4S/c1-22-12-7-8-13(14(9-12)23-2)16-19-20-17(24-16)25-10-15(21)18-11-5-3-4-6-11/h7-9,11H,3-6,10H2,1-2H3,(H,18,21). The van der Waals surface area contributed by atoms with Crippen molar-refractivity contribution in [2.24, 2.45) is 0 Å². The van der Waals surface area contributed by atoms with Crippen LogP contribution in [0.2, 0.25) is 0 Å². The average Bonchev–Trinajstić information content (AvgIpc) is 3.31. The molecule has 0 saturated heterocycles. The van der Waals surface area contributed by atoms with Crippen molar-refractivity contribution in [3.05, 3.63) is 18.2 Å². The predicted octanol–water partition coefficient (Wildman–Crippen LogP) is 2.90. The highest BCUT2D eigenvalue weighted by Gasteiger charge is 2.19. The molecule has 2 aromatic rings. The summed E-state index contributed by atoms with van der Waals surface area (Å²) in [6.45, 7) is 0. The summed E-state index contributed by atoms with van der Waals surface area (Å²) in [4.78, 5) is 12.0. The molecule has 1 fully saturated rings. The van der Waals surface area contributed by atoms with E-state index in [0.717, 1.165) is 12.8 Å². The molecule has 134 valence electrons. The van der Waals surface area contributed by atoms with Crippen molar-refractivity contribution in [3.8, 4) is 23.0 Å². The molecule has 1 aliphatic carbocycles. The van der Waals surface area contributed by atoms with E-state index in [1.54, 1.807) is 32.4 Å². The maximum absolute atomic E-state index is 12.0. The van der Waals surface area contributed by atoms with Crippen molar-refractivity contribution in [2.45, 2.75) is 36.9 Å². The zero-order valence-corrected chi connectivity index (χ0v) is 15.1. The molecule has 0 bridgehead atoms. The molecular formula is C17H21N3O4S. The minimum absolute atomic E-state index is 0.00122. The van der Waals surface area contributed by atoms with Gasteiger partial charge in [-0.1, -0.05) is 24.6 Å². The van der Waals surface area contributed by atoms with Crippen molar-refractivity contribution in [1.82, 2.24) is 15.5 Å². The number of benzene rings is 1. The molecule has 0 unspecified atom stereocenters. The lowest BCUT2D eigenvalue weighted by Gasteiger charge is -2.10. The van der Waals surface area contributed by atoms with Crippen LogP contribution in [0, 0.1) is 0 Å². The van der Waals surface area contributed by atoms with Crippen LogP contribution in [0.5, 0.6) is 11.5 Å². The molecule has 0 atom stereocenters. The van der Waals surface area contributed by atoms with Crippen molar-refractivity contribution < 1.29 is 18.7 Å². The van der Waals surface area contributed by atoms with E-state index < -0.39 is 0 Å². The number of methoxy groups -OCH3 is 2. The maximum atomic E-state index is 12.0. The smallest absolute Gasteiger partial charge is 0.277 e. The van der Waals surface area contributed by atoms with Gasteiger partial charge in [-0.05, 0) is 25.0 Å². The maximum Gasteiger partial charge on any atom is 0.277 e. The zero-order chi connectivity index (χ0) is 17.6. The Morgan fingerprint density at radius 2 is 2.08 bits per heavy atom. The molecule has 1 amide bonds. The largest absolute Gasteiger partial charge is 0.497 e. The predicted molar refractivity (Wildman–Crippen MR) is 94.0 cm³/mol. The third-order valence-electron chi connectivity index (χ3n) is 4.09. The molecule has 0 aliphatic heterocycles. The first-order valence-electron chi connectivity index (χ1n) is 8.17. The second-order valence-corrected chi connectivity index (χ2v) is 6.70. The number of nitrogens with one attached hydrogen (secondary N) is 1. The summed E-state index contributed by atoms with van der Waals surface area (Å²) >= 11 is 1.23. The Kier molecular flexibility index (Phi) is 5.80. The van der Waals surface area contributed by atoms with Gasteiger partial charge in [-0.2, -0.15) is 0 Å². The number of carbonyl (C=O) groups excluding carboxylic acids is 1. The molecule has 3 rings (SSSR count). The van der Waals surface area contributed by atoms with Crippen LogP contribution < -0.4 is 14.8 Å². The molecule has 1 N–H and O–H groups in total. The minimum Gasteiger partial charge on any atom is -0.497 e. The molecule has 0 radical (unpaired) electrons. The van der Waals surface area contributed by atoms with Crippen LogP contribution in [-0.2, 0) is 4.79 Å². The molecule has 1 aromatic heterocycles. The van der Waals surface area contributed by atoms with Crippen molar-refractivity contribution in [1.29, 1.82) is 0 Å². The summed E-state index contributed by atoms with van der Waals surface area (Å²) in [5, 5.41) is 11.4. The lowest BCUT2D eigenvalue weighted by Crippen LogP contribution is -2.33. The molecular weight excluding hydrogens is 342 g/mol. The van der Waals surface area contributed by atoms with E-state index in [9.17, 15) is 4.79 Å². The van der Waals surface area contributed by atoms with Crippen molar-refractivity contribution in [3.63, 3.8) is 0 Å². The van der Waals surface area contributed by atoms with Crippen LogP contribution in [0.4, 0.5) is 0 Å². The van der Waals surface area contributed by atoms with E-state index in [2.05, 4.69) is 15.5 Å². The highest BCUT2D eigenvalue weighted by atomic mass is 32.2. The lowest BCUT2D eigenvalue weighted by atomic mass is 10.2. The highest BCUT2D eigenvalue weighted by Crippen LogP contribution is 2.33. The molecule has 1 aliphatic rings. The summed E-state index contributed by atoms with van der Waals surface area (Å²) in [7, 11) is 3.16. The average molecular weight is 363 g/mol. The van der Waals surface area contributed by atoms with Crippen LogP contribution in [0.1, 0.15) is 25.7 Å². The van der Waals surface area contributed by atoms with Gasteiger partial charge in [-0.25, -0.2) is 0 Å². The van der Waals surface area contributed by atoms with Crippen LogP contribution in [-0.4, -0.2) is 42.1 Å². The van der Waals surface area contributed by atoms with Gasteiger partial charge in [0, 0.05) is 12.1 Å². The van der Waals surface area contributed by atoms with Gasteiger partial charge in [-0.15, -0.1) is 10.2 Å². The van der Waals surface area contributed by atoms with Crippen molar-refractivity contribution >= 4 is 17.7 Å². The van der Waals surface area contributed by atoms with E-state index in [4.69, 9.17) is 13.9 Å². The first-order valence-corrected chi connectivity index (χ1v) is 9.16. The number of rotatable bonds is 7. The molecule has 0 spiro atoms. The number of amides is 1. The number of hydrogen-bond donors (Lipinski definition) is 1. The highest BCUT2D eigenvalue weighted by molar-refractivity contribution is 7.99. The van der Waals surface area contributed by atoms with Crippen LogP contribution >= 0.6 is 11.8 Å². The number of ether oxygens (including phenoxy) is 2. The van der Waals surface area contributed by atoms with Crippen LogP contribution in [0.3, 0.4) is 0 Å². The summed E-state index contributed by atoms with van der Waals surface area (Å²) < 4.78 is 16.2. The monoisotopic (exact) mass is 363 g/mol. The van der Waals surface area contributed by atoms with Gasteiger partial charge in [0.15, 0.2) is 0 Å². The lowest BCUT2D eigenvalue weighted by molar-refractivity contribution is -0.119. The summed E-state index contributed by atoms with van der Waals surface area (Å²) in [6.07, 6.45) is 4.51. The molecule has 7 nitrogen and oxygen atoms in total. The summed E-state index contributed by atoms with van der Waals surface area (Å²) in [6, 6.07) is 5.66. The van der Waals surface area contributed by atoms with Crippen molar-refractivity contribution in [2.75, 3.05) is 20.0 Å². The Morgan fingerprint density at radius 1 is 1.28 bits per heavy atom. The third-order valence-corrected chi connectivity index (χ3v) is 4.91.